The van der Waals surface area contributed by atoms with E-state index in [9.17, 15) is 5.11 Å². The summed E-state index contributed by atoms with van der Waals surface area (Å²) in [5.74, 6) is 2.96. The normalized spacial score (nSPS) is 11.3. The Kier molecular flexibility index (Phi) is 10.1. The van der Waals surface area contributed by atoms with Gasteiger partial charge in [0, 0.05) is 25.7 Å². The number of phenols is 1. The number of nitrogens with zero attached hydrogens (tertiary/aromatic N) is 1. The molecule has 1 aromatic carbocycles. The highest BCUT2D eigenvalue weighted by Crippen LogP contribution is 2.23. The predicted molar refractivity (Wildman–Crippen MR) is 100.0 cm³/mol. The van der Waals surface area contributed by atoms with Gasteiger partial charge in [-0.25, -0.2) is 0 Å². The molecule has 0 spiro atoms. The maximum absolute atomic E-state index is 9.96. The number of guanidine groups is 1. The second-order valence-corrected chi connectivity index (χ2v) is 6.12. The maximum atomic E-state index is 9.96. The largest absolute Gasteiger partial charge is 0.508 e. The molecule has 5 nitrogen and oxygen atoms in total. The number of hydrogen-bond acceptors (Lipinski definition) is 4. The molecule has 0 fully saturated rings. The minimum absolute atomic E-state index is 0.269. The molecule has 0 radical (unpaired) electrons. The van der Waals surface area contributed by atoms with Crippen LogP contribution in [-0.4, -0.2) is 49.8 Å². The average molecular weight is 340 g/mol. The lowest BCUT2D eigenvalue weighted by atomic mass is 10.1. The Morgan fingerprint density at radius 1 is 1.30 bits per heavy atom. The zero-order valence-electron chi connectivity index (χ0n) is 14.4. The number of benzene rings is 1. The summed E-state index contributed by atoms with van der Waals surface area (Å²) >= 11 is 1.87. The fourth-order valence-corrected chi connectivity index (χ4v) is 2.58. The van der Waals surface area contributed by atoms with Gasteiger partial charge in [0.2, 0.25) is 0 Å². The van der Waals surface area contributed by atoms with Gasteiger partial charge >= 0.3 is 0 Å². The van der Waals surface area contributed by atoms with Crippen LogP contribution in [0.4, 0.5) is 0 Å². The number of nitrogens with one attached hydrogen (secondary N) is 2. The highest BCUT2D eigenvalue weighted by atomic mass is 32.2. The van der Waals surface area contributed by atoms with Gasteiger partial charge in [-0.15, -0.1) is 0 Å². The van der Waals surface area contributed by atoms with E-state index in [0.717, 1.165) is 44.0 Å². The molecule has 0 aromatic heterocycles. The molecule has 0 heterocycles. The van der Waals surface area contributed by atoms with E-state index in [2.05, 4.69) is 28.8 Å². The van der Waals surface area contributed by atoms with Crippen LogP contribution in [0.3, 0.4) is 0 Å². The van der Waals surface area contributed by atoms with E-state index in [1.54, 1.807) is 13.2 Å². The number of aromatic hydroxyl groups is 1. The molecule has 1 aromatic rings. The van der Waals surface area contributed by atoms with Gasteiger partial charge in [-0.05, 0) is 49.8 Å². The molecule has 0 saturated heterocycles. The zero-order chi connectivity index (χ0) is 16.9. The van der Waals surface area contributed by atoms with Gasteiger partial charge in [0.1, 0.15) is 11.5 Å². The Labute approximate surface area is 143 Å². The lowest BCUT2D eigenvalue weighted by Crippen LogP contribution is -2.38. The van der Waals surface area contributed by atoms with Crippen LogP contribution >= 0.6 is 11.8 Å². The van der Waals surface area contributed by atoms with E-state index in [0.29, 0.717) is 5.75 Å². The molecule has 0 bridgehead atoms. The molecular formula is C17H29N3O2S. The monoisotopic (exact) mass is 339 g/mol. The third-order valence-corrected chi connectivity index (χ3v) is 4.05. The van der Waals surface area contributed by atoms with Crippen LogP contribution in [0.15, 0.2) is 23.2 Å². The first-order chi connectivity index (χ1) is 11.2. The molecule has 6 heteroatoms. The Balaban J connectivity index is 2.41. The van der Waals surface area contributed by atoms with Crippen molar-refractivity contribution in [1.29, 1.82) is 0 Å². The quantitative estimate of drug-likeness (QED) is 0.347. The van der Waals surface area contributed by atoms with Crippen LogP contribution in [0.5, 0.6) is 11.5 Å². The van der Waals surface area contributed by atoms with Crippen LogP contribution < -0.4 is 15.4 Å². The van der Waals surface area contributed by atoms with Crippen LogP contribution in [0.25, 0.3) is 0 Å². The smallest absolute Gasteiger partial charge is 0.191 e. The number of rotatable bonds is 10. The molecule has 3 N–H and O–H groups in total. The van der Waals surface area contributed by atoms with Crippen LogP contribution in [0, 0.1) is 0 Å². The molecular weight excluding hydrogens is 310 g/mol. The van der Waals surface area contributed by atoms with E-state index < -0.39 is 0 Å². The number of hydrogen-bond donors (Lipinski definition) is 3. The van der Waals surface area contributed by atoms with Gasteiger partial charge in [-0.3, -0.25) is 4.99 Å². The summed E-state index contributed by atoms with van der Waals surface area (Å²) in [4.78, 5) is 4.57. The fourth-order valence-electron chi connectivity index (χ4n) is 2.09. The Hall–Kier alpha value is -1.56. The molecule has 0 atom stereocenters. The Bertz CT molecular complexity index is 481. The van der Waals surface area contributed by atoms with Gasteiger partial charge < -0.3 is 20.5 Å². The van der Waals surface area contributed by atoms with E-state index in [-0.39, 0.29) is 5.75 Å². The Morgan fingerprint density at radius 2 is 2.13 bits per heavy atom. The molecule has 0 aliphatic heterocycles. The van der Waals surface area contributed by atoms with Crippen LogP contribution in [-0.2, 0) is 6.42 Å². The van der Waals surface area contributed by atoms with Gasteiger partial charge in [0.15, 0.2) is 5.96 Å². The molecule has 0 saturated carbocycles. The topological polar surface area (TPSA) is 65.9 Å². The number of unbranched alkanes of at least 4 members (excludes halogenated alkanes) is 1. The summed E-state index contributed by atoms with van der Waals surface area (Å²) < 4.78 is 5.09. The SMILES string of the molecule is CCNC(=NCCCCSC)NCCc1ccc(OC)cc1O. The number of aliphatic imine (C=N–C) groups is 1. The zero-order valence-corrected chi connectivity index (χ0v) is 15.2. The molecule has 23 heavy (non-hydrogen) atoms. The molecule has 130 valence electrons. The van der Waals surface area contributed by atoms with Gasteiger partial charge in [0.25, 0.3) is 0 Å². The van der Waals surface area contributed by atoms with Crippen molar-refractivity contribution in [2.45, 2.75) is 26.2 Å². The van der Waals surface area contributed by atoms with Crippen molar-refractivity contribution in [3.63, 3.8) is 0 Å². The summed E-state index contributed by atoms with van der Waals surface area (Å²) in [5, 5.41) is 16.5. The molecule has 0 unspecified atom stereocenters. The van der Waals surface area contributed by atoms with Gasteiger partial charge in [-0.1, -0.05) is 6.07 Å². The summed E-state index contributed by atoms with van der Waals surface area (Å²) in [6.45, 7) is 4.45. The van der Waals surface area contributed by atoms with Crippen molar-refractivity contribution in [2.24, 2.45) is 4.99 Å². The van der Waals surface area contributed by atoms with Crippen LogP contribution in [0.1, 0.15) is 25.3 Å². The lowest BCUT2D eigenvalue weighted by Gasteiger charge is -2.12. The van der Waals surface area contributed by atoms with Crippen LogP contribution in [0.2, 0.25) is 0 Å². The fraction of sp³-hybridized carbons (Fsp3) is 0.588. The van der Waals surface area contributed by atoms with E-state index in [1.165, 1.54) is 12.2 Å². The highest BCUT2D eigenvalue weighted by molar-refractivity contribution is 7.98. The van der Waals surface area contributed by atoms with Crippen molar-refractivity contribution >= 4 is 17.7 Å². The second-order valence-electron chi connectivity index (χ2n) is 5.13. The standard InChI is InChI=1S/C17H29N3O2S/c1-4-18-17(19-10-5-6-12-23-3)20-11-9-14-7-8-15(22-2)13-16(14)21/h7-8,13,21H,4-6,9-12H2,1-3H3,(H2,18,19,20). The van der Waals surface area contributed by atoms with Gasteiger partial charge in [-0.2, -0.15) is 11.8 Å². The van der Waals surface area contributed by atoms with E-state index in [4.69, 9.17) is 4.74 Å². The first kappa shape index (κ1) is 19.5. The lowest BCUT2D eigenvalue weighted by molar-refractivity contribution is 0.406. The first-order valence-corrected chi connectivity index (χ1v) is 9.47. The molecule has 1 rings (SSSR count). The first-order valence-electron chi connectivity index (χ1n) is 8.08. The highest BCUT2D eigenvalue weighted by Gasteiger charge is 2.04. The summed E-state index contributed by atoms with van der Waals surface area (Å²) in [5.41, 5.74) is 0.897. The van der Waals surface area contributed by atoms with Crippen molar-refractivity contribution in [3.05, 3.63) is 23.8 Å². The summed E-state index contributed by atoms with van der Waals surface area (Å²) in [7, 11) is 1.59. The van der Waals surface area contributed by atoms with E-state index in [1.807, 2.05) is 23.9 Å². The molecule has 0 amide bonds. The maximum Gasteiger partial charge on any atom is 0.191 e. The van der Waals surface area contributed by atoms with Crippen molar-refractivity contribution < 1.29 is 9.84 Å². The number of ether oxygens (including phenoxy) is 1. The minimum atomic E-state index is 0.269. The van der Waals surface area contributed by atoms with E-state index >= 15 is 0 Å². The van der Waals surface area contributed by atoms with Crippen molar-refractivity contribution in [2.75, 3.05) is 38.8 Å². The van der Waals surface area contributed by atoms with Gasteiger partial charge in [0.05, 0.1) is 7.11 Å². The third-order valence-electron chi connectivity index (χ3n) is 3.35. The predicted octanol–water partition coefficient (Wildman–Crippen LogP) is 2.64. The Morgan fingerprint density at radius 3 is 2.78 bits per heavy atom. The number of phenolic OH excluding ortho intramolecular Hbond substituents is 1. The summed E-state index contributed by atoms with van der Waals surface area (Å²) in [6.07, 6.45) is 5.16. The number of methoxy groups -OCH3 is 1. The van der Waals surface area contributed by atoms with Crippen molar-refractivity contribution in [3.8, 4) is 11.5 Å². The molecule has 0 aliphatic carbocycles. The minimum Gasteiger partial charge on any atom is -0.508 e. The number of thioether (sulfide) groups is 1. The molecule has 0 aliphatic rings. The second kappa shape index (κ2) is 11.9. The van der Waals surface area contributed by atoms with Crippen molar-refractivity contribution in [1.82, 2.24) is 10.6 Å². The average Bonchev–Trinajstić information content (AvgIpc) is 2.56. The summed E-state index contributed by atoms with van der Waals surface area (Å²) in [6, 6.07) is 5.39. The third kappa shape index (κ3) is 8.02.